The number of rotatable bonds is 6. The van der Waals surface area contributed by atoms with E-state index in [0.29, 0.717) is 24.3 Å². The predicted octanol–water partition coefficient (Wildman–Crippen LogP) is 2.91. The van der Waals surface area contributed by atoms with Crippen LogP contribution in [0.4, 0.5) is 0 Å². The molecule has 7 heteroatoms. The van der Waals surface area contributed by atoms with Crippen LogP contribution < -0.4 is 0 Å². The van der Waals surface area contributed by atoms with Gasteiger partial charge >= 0.3 is 5.97 Å². The van der Waals surface area contributed by atoms with Crippen LogP contribution in [0.3, 0.4) is 0 Å². The van der Waals surface area contributed by atoms with E-state index in [2.05, 4.69) is 0 Å². The van der Waals surface area contributed by atoms with Crippen molar-refractivity contribution in [3.63, 3.8) is 0 Å². The minimum absolute atomic E-state index is 0.0204. The molecule has 1 amide bonds. The van der Waals surface area contributed by atoms with E-state index in [-0.39, 0.29) is 12.5 Å². The normalized spacial score (nSPS) is 18.7. The molecule has 0 aliphatic carbocycles. The van der Waals surface area contributed by atoms with Gasteiger partial charge in [0.05, 0.1) is 4.88 Å². The van der Waals surface area contributed by atoms with Crippen LogP contribution in [0.25, 0.3) is 6.08 Å². The second-order valence-electron chi connectivity index (χ2n) is 7.74. The highest BCUT2D eigenvalue weighted by Gasteiger charge is 2.39. The molecule has 0 spiro atoms. The Balaban J connectivity index is 2.08. The lowest BCUT2D eigenvalue weighted by Gasteiger charge is -2.26. The number of thiophene rings is 1. The summed E-state index contributed by atoms with van der Waals surface area (Å²) in [5, 5.41) is 9.05. The first-order valence-corrected chi connectivity index (χ1v) is 9.91. The fraction of sp³-hybridized carbons (Fsp3) is 0.550. The van der Waals surface area contributed by atoms with Crippen LogP contribution in [-0.4, -0.2) is 52.5 Å². The molecule has 0 saturated carbocycles. The Labute approximate surface area is 163 Å². The first kappa shape index (κ1) is 21.3. The highest BCUT2D eigenvalue weighted by atomic mass is 32.1. The summed E-state index contributed by atoms with van der Waals surface area (Å²) in [4.78, 5) is 40.1. The SMILES string of the molecule is C[C@H](/C=C/c1ccc(C(=O)C(=O)N2CCC[C@H]2C(=O)OC(C)(C)C)s1)CO. The van der Waals surface area contributed by atoms with Crippen LogP contribution in [-0.2, 0) is 14.3 Å². The molecule has 0 bridgehead atoms. The van der Waals surface area contributed by atoms with Gasteiger partial charge in [0.2, 0.25) is 0 Å². The summed E-state index contributed by atoms with van der Waals surface area (Å²) in [7, 11) is 0. The molecule has 27 heavy (non-hydrogen) atoms. The summed E-state index contributed by atoms with van der Waals surface area (Å²) in [5.41, 5.74) is -0.640. The Hall–Kier alpha value is -1.99. The van der Waals surface area contributed by atoms with Gasteiger partial charge in [0.25, 0.3) is 11.7 Å². The van der Waals surface area contributed by atoms with E-state index in [9.17, 15) is 14.4 Å². The average Bonchev–Trinajstić information content (AvgIpc) is 3.26. The van der Waals surface area contributed by atoms with Gasteiger partial charge in [0.1, 0.15) is 11.6 Å². The minimum Gasteiger partial charge on any atom is -0.458 e. The van der Waals surface area contributed by atoms with Crippen LogP contribution in [0, 0.1) is 5.92 Å². The molecule has 2 atom stereocenters. The Morgan fingerprint density at radius 2 is 2.07 bits per heavy atom. The second-order valence-corrected chi connectivity index (χ2v) is 8.86. The van der Waals surface area contributed by atoms with Crippen molar-refractivity contribution >= 4 is 35.1 Å². The van der Waals surface area contributed by atoms with Crippen molar-refractivity contribution in [1.29, 1.82) is 0 Å². The lowest BCUT2D eigenvalue weighted by molar-refractivity contribution is -0.162. The Morgan fingerprint density at radius 3 is 2.70 bits per heavy atom. The molecule has 2 heterocycles. The summed E-state index contributed by atoms with van der Waals surface area (Å²) in [6, 6.07) is 2.68. The maximum Gasteiger partial charge on any atom is 0.329 e. The largest absolute Gasteiger partial charge is 0.458 e. The van der Waals surface area contributed by atoms with Gasteiger partial charge in [-0.3, -0.25) is 9.59 Å². The van der Waals surface area contributed by atoms with Crippen LogP contribution >= 0.6 is 11.3 Å². The number of Topliss-reactive ketones (excluding diaryl/α,β-unsaturated/α-hetero) is 1. The quantitative estimate of drug-likeness (QED) is 0.456. The van der Waals surface area contributed by atoms with Gasteiger partial charge in [0, 0.05) is 18.0 Å². The third kappa shape index (κ3) is 5.74. The predicted molar refractivity (Wildman–Crippen MR) is 105 cm³/mol. The Bertz CT molecular complexity index is 731. The first-order chi connectivity index (χ1) is 12.6. The zero-order valence-corrected chi connectivity index (χ0v) is 17.0. The number of carbonyl (C=O) groups is 3. The number of hydrogen-bond donors (Lipinski definition) is 1. The molecular weight excluding hydrogens is 366 g/mol. The number of hydrogen-bond acceptors (Lipinski definition) is 6. The summed E-state index contributed by atoms with van der Waals surface area (Å²) < 4.78 is 5.39. The highest BCUT2D eigenvalue weighted by molar-refractivity contribution is 7.15. The molecule has 1 aliphatic heterocycles. The van der Waals surface area contributed by atoms with Crippen LogP contribution in [0.2, 0.25) is 0 Å². The van der Waals surface area contributed by atoms with E-state index >= 15 is 0 Å². The summed E-state index contributed by atoms with van der Waals surface area (Å²) in [5.74, 6) is -1.71. The van der Waals surface area contributed by atoms with E-state index in [4.69, 9.17) is 9.84 Å². The van der Waals surface area contributed by atoms with Crippen molar-refractivity contribution in [1.82, 2.24) is 4.90 Å². The zero-order valence-electron chi connectivity index (χ0n) is 16.2. The van der Waals surface area contributed by atoms with Crippen LogP contribution in [0.5, 0.6) is 0 Å². The average molecular weight is 394 g/mol. The monoisotopic (exact) mass is 393 g/mol. The van der Waals surface area contributed by atoms with Crippen molar-refractivity contribution in [3.8, 4) is 0 Å². The Morgan fingerprint density at radius 1 is 1.37 bits per heavy atom. The van der Waals surface area contributed by atoms with Gasteiger partial charge in [-0.25, -0.2) is 4.79 Å². The van der Waals surface area contributed by atoms with Crippen molar-refractivity contribution < 1.29 is 24.2 Å². The number of likely N-dealkylation sites (tertiary alicyclic amines) is 1. The van der Waals surface area contributed by atoms with E-state index < -0.39 is 29.3 Å². The number of ketones is 1. The standard InChI is InChI=1S/C20H27NO5S/c1-13(12-22)7-8-14-9-10-16(27-14)17(23)18(24)21-11-5-6-15(21)19(25)26-20(2,3)4/h7-10,13,15,22H,5-6,11-12H2,1-4H3/b8-7+/t13-,15+/m1/s1. The maximum atomic E-state index is 12.7. The number of esters is 1. The Kier molecular flexibility index (Phi) is 6.95. The molecule has 1 aliphatic rings. The lowest BCUT2D eigenvalue weighted by Crippen LogP contribution is -2.46. The van der Waals surface area contributed by atoms with E-state index in [1.807, 2.05) is 19.1 Å². The van der Waals surface area contributed by atoms with Crippen LogP contribution in [0.1, 0.15) is 55.1 Å². The van der Waals surface area contributed by atoms with Gasteiger partial charge in [-0.2, -0.15) is 0 Å². The van der Waals surface area contributed by atoms with E-state index in [0.717, 1.165) is 4.88 Å². The molecule has 1 N–H and O–H groups in total. The lowest BCUT2D eigenvalue weighted by atomic mass is 10.1. The fourth-order valence-corrected chi connectivity index (χ4v) is 3.60. The van der Waals surface area contributed by atoms with Gasteiger partial charge < -0.3 is 14.7 Å². The number of carbonyl (C=O) groups excluding carboxylic acids is 3. The van der Waals surface area contributed by atoms with Gasteiger partial charge in [-0.15, -0.1) is 11.3 Å². The van der Waals surface area contributed by atoms with Crippen molar-refractivity contribution in [2.45, 2.75) is 52.2 Å². The molecule has 0 unspecified atom stereocenters. The smallest absolute Gasteiger partial charge is 0.329 e. The fourth-order valence-electron chi connectivity index (χ4n) is 2.74. The number of ether oxygens (including phenoxy) is 1. The zero-order chi connectivity index (χ0) is 20.2. The first-order valence-electron chi connectivity index (χ1n) is 9.09. The van der Waals surface area contributed by atoms with Crippen molar-refractivity contribution in [2.24, 2.45) is 5.92 Å². The summed E-state index contributed by atoms with van der Waals surface area (Å²) in [6.07, 6.45) is 4.85. The molecule has 2 rings (SSSR count). The third-order valence-electron chi connectivity index (χ3n) is 4.11. The second kappa shape index (κ2) is 8.80. The topological polar surface area (TPSA) is 83.9 Å². The number of nitrogens with zero attached hydrogens (tertiary/aromatic N) is 1. The molecule has 0 aromatic carbocycles. The van der Waals surface area contributed by atoms with E-state index in [1.165, 1.54) is 16.2 Å². The molecular formula is C20H27NO5S. The number of aliphatic hydroxyl groups excluding tert-OH is 1. The molecule has 1 aromatic heterocycles. The van der Waals surface area contributed by atoms with Crippen molar-refractivity contribution in [3.05, 3.63) is 28.0 Å². The molecule has 6 nitrogen and oxygen atoms in total. The highest BCUT2D eigenvalue weighted by Crippen LogP contribution is 2.24. The summed E-state index contributed by atoms with van der Waals surface area (Å²) >= 11 is 1.22. The number of amides is 1. The molecule has 1 saturated heterocycles. The van der Waals surface area contributed by atoms with Gasteiger partial charge in [-0.1, -0.05) is 13.0 Å². The van der Waals surface area contributed by atoms with Crippen LogP contribution in [0.15, 0.2) is 18.2 Å². The summed E-state index contributed by atoms with van der Waals surface area (Å²) in [6.45, 7) is 7.62. The third-order valence-corrected chi connectivity index (χ3v) is 5.16. The van der Waals surface area contributed by atoms with Gasteiger partial charge in [0.15, 0.2) is 0 Å². The molecule has 148 valence electrons. The van der Waals surface area contributed by atoms with Gasteiger partial charge in [-0.05, 0) is 57.7 Å². The van der Waals surface area contributed by atoms with E-state index in [1.54, 1.807) is 32.9 Å². The molecule has 1 fully saturated rings. The molecule has 0 radical (unpaired) electrons. The minimum atomic E-state index is -0.703. The molecule has 1 aromatic rings. The van der Waals surface area contributed by atoms with Crippen molar-refractivity contribution in [2.75, 3.05) is 13.2 Å². The maximum absolute atomic E-state index is 12.7. The number of aliphatic hydroxyl groups is 1.